The summed E-state index contributed by atoms with van der Waals surface area (Å²) in [7, 11) is 0. The number of thioether (sulfide) groups is 1. The smallest absolute Gasteiger partial charge is 0.123 e. The molecule has 0 bridgehead atoms. The van der Waals surface area contributed by atoms with Crippen molar-refractivity contribution < 1.29 is 23.7 Å². The lowest BCUT2D eigenvalue weighted by Gasteiger charge is -2.46. The molecule has 1 aliphatic rings. The van der Waals surface area contributed by atoms with E-state index in [4.69, 9.17) is 23.7 Å². The number of ether oxygens (including phenoxy) is 5. The van der Waals surface area contributed by atoms with Gasteiger partial charge in [0.15, 0.2) is 0 Å². The van der Waals surface area contributed by atoms with Crippen molar-refractivity contribution in [1.82, 2.24) is 0 Å². The third-order valence-electron chi connectivity index (χ3n) is 9.34. The van der Waals surface area contributed by atoms with Crippen LogP contribution in [0.25, 0.3) is 0 Å². The molecule has 272 valence electrons. The first-order valence-corrected chi connectivity index (χ1v) is 20.4. The first-order chi connectivity index (χ1) is 23.5. The molecule has 0 amide bonds. The Labute approximate surface area is 298 Å². The number of hydrogen-bond donors (Lipinski definition) is 0. The molecule has 0 saturated carbocycles. The Hall–Kier alpha value is -1.57. The van der Waals surface area contributed by atoms with Crippen LogP contribution in [0.2, 0.25) is 0 Å². The molecule has 2 aromatic carbocycles. The van der Waals surface area contributed by atoms with Crippen molar-refractivity contribution in [2.24, 2.45) is 0 Å². The van der Waals surface area contributed by atoms with Crippen LogP contribution < -0.4 is 4.74 Å². The zero-order valence-electron chi connectivity index (χ0n) is 31.5. The van der Waals surface area contributed by atoms with Gasteiger partial charge >= 0.3 is 0 Å². The van der Waals surface area contributed by atoms with E-state index in [2.05, 4.69) is 84.9 Å². The van der Waals surface area contributed by atoms with Gasteiger partial charge in [0.05, 0.1) is 23.7 Å². The average Bonchev–Trinajstić information content (AvgIpc) is 3.09. The number of hydrogen-bond acceptors (Lipinski definition) is 6. The molecule has 1 saturated heterocycles. The monoisotopic (exact) mass is 684 g/mol. The maximum absolute atomic E-state index is 6.93. The van der Waals surface area contributed by atoms with Crippen molar-refractivity contribution in [2.75, 3.05) is 39.6 Å². The van der Waals surface area contributed by atoms with Gasteiger partial charge in [-0.05, 0) is 80.2 Å². The molecule has 6 heteroatoms. The van der Waals surface area contributed by atoms with Crippen molar-refractivity contribution in [2.45, 2.75) is 154 Å². The first-order valence-electron chi connectivity index (χ1n) is 19.4. The highest BCUT2D eigenvalue weighted by atomic mass is 32.2. The Kier molecular flexibility index (Phi) is 20.2. The highest BCUT2D eigenvalue weighted by Gasteiger charge is 2.49. The summed E-state index contributed by atoms with van der Waals surface area (Å²) in [5.74, 6) is 0.982. The maximum atomic E-state index is 6.93. The third kappa shape index (κ3) is 13.0. The van der Waals surface area contributed by atoms with Crippen molar-refractivity contribution in [3.63, 3.8) is 0 Å². The van der Waals surface area contributed by atoms with E-state index in [0.717, 1.165) is 96.0 Å². The summed E-state index contributed by atoms with van der Waals surface area (Å²) in [6.45, 7) is 19.8. The molecule has 3 rings (SSSR count). The minimum absolute atomic E-state index is 0.0257. The van der Waals surface area contributed by atoms with Crippen LogP contribution in [0.3, 0.4) is 0 Å². The second-order valence-corrected chi connectivity index (χ2v) is 14.8. The fraction of sp³-hybridized carbons (Fsp3) is 0.714. The summed E-state index contributed by atoms with van der Waals surface area (Å²) in [5.41, 5.74) is 6.53. The Morgan fingerprint density at radius 3 is 1.75 bits per heavy atom. The zero-order valence-corrected chi connectivity index (χ0v) is 32.3. The summed E-state index contributed by atoms with van der Waals surface area (Å²) in [6, 6.07) is 13.8. The number of aryl methyl sites for hydroxylation is 2. The van der Waals surface area contributed by atoms with Crippen LogP contribution in [0.15, 0.2) is 36.4 Å². The van der Waals surface area contributed by atoms with Crippen LogP contribution in [-0.2, 0) is 31.8 Å². The van der Waals surface area contributed by atoms with Crippen molar-refractivity contribution in [3.8, 4) is 5.75 Å². The van der Waals surface area contributed by atoms with Gasteiger partial charge in [-0.3, -0.25) is 0 Å². The second-order valence-electron chi connectivity index (χ2n) is 13.5. The summed E-state index contributed by atoms with van der Waals surface area (Å²) in [4.78, 5) is 0. The van der Waals surface area contributed by atoms with E-state index in [9.17, 15) is 0 Å². The average molecular weight is 685 g/mol. The first kappa shape index (κ1) is 40.9. The normalized spacial score (nSPS) is 21.1. The van der Waals surface area contributed by atoms with Crippen LogP contribution >= 0.6 is 11.8 Å². The second kappa shape index (κ2) is 23.8. The van der Waals surface area contributed by atoms with E-state index >= 15 is 0 Å². The quantitative estimate of drug-likeness (QED) is 0.0970. The highest BCUT2D eigenvalue weighted by Crippen LogP contribution is 2.50. The highest BCUT2D eigenvalue weighted by molar-refractivity contribution is 8.00. The Balaban J connectivity index is 2.12. The molecular weight excluding hydrogens is 617 g/mol. The third-order valence-corrected chi connectivity index (χ3v) is 10.9. The Morgan fingerprint density at radius 2 is 1.15 bits per heavy atom. The Bertz CT molecular complexity index is 1120. The van der Waals surface area contributed by atoms with Gasteiger partial charge in [-0.25, -0.2) is 0 Å². The van der Waals surface area contributed by atoms with E-state index < -0.39 is 0 Å². The minimum atomic E-state index is -0.189. The molecule has 0 spiro atoms. The van der Waals surface area contributed by atoms with Gasteiger partial charge in [0.2, 0.25) is 0 Å². The fourth-order valence-corrected chi connectivity index (χ4v) is 7.79. The summed E-state index contributed by atoms with van der Waals surface area (Å²) in [5, 5.41) is 0.147. The van der Waals surface area contributed by atoms with Gasteiger partial charge in [-0.2, -0.15) is 0 Å². The van der Waals surface area contributed by atoms with Gasteiger partial charge in [0, 0.05) is 32.0 Å². The van der Waals surface area contributed by atoms with E-state index in [0.29, 0.717) is 26.4 Å². The maximum Gasteiger partial charge on any atom is 0.123 e. The molecule has 2 aromatic rings. The van der Waals surface area contributed by atoms with E-state index in [1.807, 2.05) is 11.8 Å². The standard InChI is InChI=1S/C42H68O5S/c1-8-14-23-43-31-38-39(45-25-16-10-3)40(46-26-17-11-4)41(47-27-18-12-5)42(48-38)36-30-35(29-34-21-19-33(13-6)20-22-34)32(7)28-37(36)44-24-15-9-2/h19-22,28,30,38-42H,8-18,23-27,29,31H2,1-7H3/t38-,39-,40+,41-,42+/m1/s1. The lowest BCUT2D eigenvalue weighted by molar-refractivity contribution is -0.149. The zero-order chi connectivity index (χ0) is 34.6. The van der Waals surface area contributed by atoms with Crippen LogP contribution in [0.4, 0.5) is 0 Å². The van der Waals surface area contributed by atoms with Gasteiger partial charge in [0.1, 0.15) is 24.1 Å². The molecule has 0 unspecified atom stereocenters. The lowest BCUT2D eigenvalue weighted by Crippen LogP contribution is -2.55. The predicted octanol–water partition coefficient (Wildman–Crippen LogP) is 10.9. The number of rotatable bonds is 25. The van der Waals surface area contributed by atoms with E-state index in [-0.39, 0.29) is 28.8 Å². The van der Waals surface area contributed by atoms with Crippen molar-refractivity contribution in [1.29, 1.82) is 0 Å². The molecule has 0 aliphatic carbocycles. The van der Waals surface area contributed by atoms with Gasteiger partial charge < -0.3 is 23.7 Å². The molecular formula is C42H68O5S. The molecule has 0 aromatic heterocycles. The lowest BCUT2D eigenvalue weighted by atomic mass is 9.91. The summed E-state index contributed by atoms with van der Waals surface area (Å²) >= 11 is 1.96. The SMILES string of the molecule is CCCCOC[C@H]1S[C@@H](c2cc(Cc3ccc(CC)cc3)c(C)cc2OCCCC)[C@H](OCCCC)[C@@H](OCCCC)[C@@H]1OCCCC. The van der Waals surface area contributed by atoms with Crippen LogP contribution in [-0.4, -0.2) is 63.2 Å². The number of unbranched alkanes of at least 4 members (excludes halogenated alkanes) is 5. The van der Waals surface area contributed by atoms with Gasteiger partial charge in [-0.15, -0.1) is 11.8 Å². The molecule has 1 fully saturated rings. The van der Waals surface area contributed by atoms with Crippen LogP contribution in [0.1, 0.15) is 139 Å². The Morgan fingerprint density at radius 1 is 0.604 bits per heavy atom. The van der Waals surface area contributed by atoms with E-state index in [1.165, 1.54) is 27.8 Å². The topological polar surface area (TPSA) is 46.2 Å². The molecule has 0 radical (unpaired) electrons. The van der Waals surface area contributed by atoms with Crippen LogP contribution in [0.5, 0.6) is 5.75 Å². The molecule has 1 aliphatic heterocycles. The summed E-state index contributed by atoms with van der Waals surface area (Å²) < 4.78 is 33.6. The largest absolute Gasteiger partial charge is 0.493 e. The van der Waals surface area contributed by atoms with Gasteiger partial charge in [-0.1, -0.05) is 104 Å². The number of benzene rings is 2. The predicted molar refractivity (Wildman–Crippen MR) is 204 cm³/mol. The molecule has 48 heavy (non-hydrogen) atoms. The fourth-order valence-electron chi connectivity index (χ4n) is 6.13. The van der Waals surface area contributed by atoms with Gasteiger partial charge in [0.25, 0.3) is 0 Å². The minimum Gasteiger partial charge on any atom is -0.493 e. The van der Waals surface area contributed by atoms with E-state index in [1.54, 1.807) is 0 Å². The van der Waals surface area contributed by atoms with Crippen molar-refractivity contribution in [3.05, 3.63) is 64.2 Å². The molecule has 1 heterocycles. The molecule has 5 atom stereocenters. The molecule has 5 nitrogen and oxygen atoms in total. The van der Waals surface area contributed by atoms with Crippen LogP contribution in [0, 0.1) is 6.92 Å². The van der Waals surface area contributed by atoms with Crippen molar-refractivity contribution >= 4 is 11.8 Å². The summed E-state index contributed by atoms with van der Waals surface area (Å²) in [6.07, 6.45) is 12.2. The molecule has 0 N–H and O–H groups in total.